The maximum atomic E-state index is 13.1. The minimum Gasteiger partial charge on any atom is -0.378 e. The Morgan fingerprint density at radius 1 is 1.05 bits per heavy atom. The highest BCUT2D eigenvalue weighted by molar-refractivity contribution is 5.82. The highest BCUT2D eigenvalue weighted by Gasteiger charge is 2.10. The molecule has 3 nitrogen and oxygen atoms in total. The van der Waals surface area contributed by atoms with E-state index in [0.717, 1.165) is 37.6 Å². The van der Waals surface area contributed by atoms with E-state index < -0.39 is 0 Å². The van der Waals surface area contributed by atoms with Crippen molar-refractivity contribution in [2.75, 3.05) is 31.2 Å². The Kier molecular flexibility index (Phi) is 4.26. The predicted octanol–water partition coefficient (Wildman–Crippen LogP) is 3.41. The van der Waals surface area contributed by atoms with E-state index in [4.69, 9.17) is 4.74 Å². The van der Waals surface area contributed by atoms with Crippen LogP contribution in [-0.4, -0.2) is 32.5 Å². The third-order valence-electron chi connectivity index (χ3n) is 3.44. The Morgan fingerprint density at radius 3 is 2.52 bits per heavy atom. The van der Waals surface area contributed by atoms with Crippen molar-refractivity contribution in [2.24, 2.45) is 4.99 Å². The van der Waals surface area contributed by atoms with Gasteiger partial charge in [-0.2, -0.15) is 0 Å². The average molecular weight is 284 g/mol. The molecule has 0 aliphatic carbocycles. The number of hydrogen-bond acceptors (Lipinski definition) is 3. The molecule has 1 heterocycles. The van der Waals surface area contributed by atoms with Gasteiger partial charge in [0.05, 0.1) is 18.9 Å². The molecule has 4 heteroatoms. The van der Waals surface area contributed by atoms with E-state index in [-0.39, 0.29) is 5.82 Å². The first-order valence-corrected chi connectivity index (χ1v) is 7.04. The predicted molar refractivity (Wildman–Crippen MR) is 83.1 cm³/mol. The topological polar surface area (TPSA) is 24.8 Å². The number of ether oxygens (including phenoxy) is 1. The number of hydrogen-bond donors (Lipinski definition) is 0. The van der Waals surface area contributed by atoms with Crippen molar-refractivity contribution >= 4 is 17.6 Å². The fraction of sp³-hybridized carbons (Fsp3) is 0.235. The first-order chi connectivity index (χ1) is 10.3. The van der Waals surface area contributed by atoms with Gasteiger partial charge in [0.1, 0.15) is 5.82 Å². The van der Waals surface area contributed by atoms with Gasteiger partial charge in [-0.25, -0.2) is 4.39 Å². The standard InChI is InChI=1S/C17H17FN2O/c18-15-3-1-2-14(12-15)13-19-16-4-6-17(7-5-16)20-8-10-21-11-9-20/h1-7,12-13H,8-11H2. The van der Waals surface area contributed by atoms with Crippen LogP contribution in [0, 0.1) is 5.82 Å². The summed E-state index contributed by atoms with van der Waals surface area (Å²) in [5.41, 5.74) is 2.80. The van der Waals surface area contributed by atoms with Gasteiger partial charge in [-0.05, 0) is 42.0 Å². The van der Waals surface area contributed by atoms with E-state index in [1.54, 1.807) is 12.3 Å². The average Bonchev–Trinajstić information content (AvgIpc) is 2.54. The lowest BCUT2D eigenvalue weighted by atomic mass is 10.2. The molecule has 2 aromatic rings. The van der Waals surface area contributed by atoms with Gasteiger partial charge in [-0.3, -0.25) is 4.99 Å². The van der Waals surface area contributed by atoms with Crippen LogP contribution < -0.4 is 4.90 Å². The lowest BCUT2D eigenvalue weighted by molar-refractivity contribution is 0.122. The third kappa shape index (κ3) is 3.67. The molecule has 0 unspecified atom stereocenters. The Bertz CT molecular complexity index is 619. The second-order valence-corrected chi connectivity index (χ2v) is 4.93. The molecular formula is C17H17FN2O. The Hall–Kier alpha value is -2.20. The van der Waals surface area contributed by atoms with E-state index in [2.05, 4.69) is 22.0 Å². The highest BCUT2D eigenvalue weighted by Crippen LogP contribution is 2.20. The molecule has 0 saturated carbocycles. The zero-order valence-corrected chi connectivity index (χ0v) is 11.7. The van der Waals surface area contributed by atoms with E-state index >= 15 is 0 Å². The smallest absolute Gasteiger partial charge is 0.123 e. The van der Waals surface area contributed by atoms with Crippen molar-refractivity contribution in [1.29, 1.82) is 0 Å². The first-order valence-electron chi connectivity index (χ1n) is 7.04. The van der Waals surface area contributed by atoms with Crippen LogP contribution in [0.25, 0.3) is 0 Å². The molecule has 2 aromatic carbocycles. The molecule has 0 radical (unpaired) electrons. The van der Waals surface area contributed by atoms with Crippen LogP contribution >= 0.6 is 0 Å². The summed E-state index contributed by atoms with van der Waals surface area (Å²) < 4.78 is 18.4. The van der Waals surface area contributed by atoms with Crippen LogP contribution in [0.4, 0.5) is 15.8 Å². The van der Waals surface area contributed by atoms with E-state index in [1.807, 2.05) is 18.2 Å². The number of rotatable bonds is 3. The van der Waals surface area contributed by atoms with Crippen molar-refractivity contribution in [3.8, 4) is 0 Å². The maximum absolute atomic E-state index is 13.1. The molecule has 3 rings (SSSR count). The van der Waals surface area contributed by atoms with Gasteiger partial charge >= 0.3 is 0 Å². The van der Waals surface area contributed by atoms with Crippen LogP contribution in [0.5, 0.6) is 0 Å². The van der Waals surface area contributed by atoms with Gasteiger partial charge < -0.3 is 9.64 Å². The summed E-state index contributed by atoms with van der Waals surface area (Å²) in [6.45, 7) is 3.40. The lowest BCUT2D eigenvalue weighted by Crippen LogP contribution is -2.36. The Morgan fingerprint density at radius 2 is 1.81 bits per heavy atom. The minimum absolute atomic E-state index is 0.249. The highest BCUT2D eigenvalue weighted by atomic mass is 19.1. The van der Waals surface area contributed by atoms with Crippen LogP contribution in [0.1, 0.15) is 5.56 Å². The summed E-state index contributed by atoms with van der Waals surface area (Å²) in [4.78, 5) is 6.66. The molecule has 0 N–H and O–H groups in total. The zero-order chi connectivity index (χ0) is 14.5. The van der Waals surface area contributed by atoms with Crippen LogP contribution in [0.2, 0.25) is 0 Å². The van der Waals surface area contributed by atoms with Crippen LogP contribution in [0.15, 0.2) is 53.5 Å². The van der Waals surface area contributed by atoms with Gasteiger partial charge in [0.2, 0.25) is 0 Å². The van der Waals surface area contributed by atoms with Crippen molar-refractivity contribution in [3.63, 3.8) is 0 Å². The van der Waals surface area contributed by atoms with Gasteiger partial charge in [0, 0.05) is 25.0 Å². The van der Waals surface area contributed by atoms with Crippen molar-refractivity contribution in [2.45, 2.75) is 0 Å². The molecule has 0 atom stereocenters. The normalized spacial score (nSPS) is 15.6. The molecular weight excluding hydrogens is 267 g/mol. The summed E-state index contributed by atoms with van der Waals surface area (Å²) in [5.74, 6) is -0.249. The second-order valence-electron chi connectivity index (χ2n) is 4.93. The molecule has 108 valence electrons. The monoisotopic (exact) mass is 284 g/mol. The molecule has 1 saturated heterocycles. The van der Waals surface area contributed by atoms with Gasteiger partial charge in [-0.15, -0.1) is 0 Å². The SMILES string of the molecule is Fc1cccc(C=Nc2ccc(N3CCOCC3)cc2)c1. The summed E-state index contributed by atoms with van der Waals surface area (Å²) in [6.07, 6.45) is 1.67. The number of morpholine rings is 1. The van der Waals surface area contributed by atoms with Crippen LogP contribution in [-0.2, 0) is 4.74 Å². The summed E-state index contributed by atoms with van der Waals surface area (Å²) in [6, 6.07) is 14.5. The maximum Gasteiger partial charge on any atom is 0.123 e. The molecule has 21 heavy (non-hydrogen) atoms. The largest absolute Gasteiger partial charge is 0.378 e. The van der Waals surface area contributed by atoms with Crippen LogP contribution in [0.3, 0.4) is 0 Å². The van der Waals surface area contributed by atoms with E-state index in [0.29, 0.717) is 0 Å². The Labute approximate surface area is 123 Å². The van der Waals surface area contributed by atoms with E-state index in [9.17, 15) is 4.39 Å². The number of nitrogens with zero attached hydrogens (tertiary/aromatic N) is 2. The van der Waals surface area contributed by atoms with Crippen molar-refractivity contribution in [1.82, 2.24) is 0 Å². The summed E-state index contributed by atoms with van der Waals surface area (Å²) >= 11 is 0. The second kappa shape index (κ2) is 6.50. The Balaban J connectivity index is 1.69. The molecule has 1 aliphatic heterocycles. The minimum atomic E-state index is -0.249. The summed E-state index contributed by atoms with van der Waals surface area (Å²) in [5, 5.41) is 0. The van der Waals surface area contributed by atoms with Gasteiger partial charge in [0.15, 0.2) is 0 Å². The fourth-order valence-electron chi connectivity index (χ4n) is 2.31. The number of benzene rings is 2. The molecule has 0 aromatic heterocycles. The lowest BCUT2D eigenvalue weighted by Gasteiger charge is -2.28. The third-order valence-corrected chi connectivity index (χ3v) is 3.44. The summed E-state index contributed by atoms with van der Waals surface area (Å²) in [7, 11) is 0. The number of halogens is 1. The number of aliphatic imine (C=N–C) groups is 1. The van der Waals surface area contributed by atoms with Gasteiger partial charge in [-0.1, -0.05) is 12.1 Å². The first kappa shape index (κ1) is 13.8. The van der Waals surface area contributed by atoms with Gasteiger partial charge in [0.25, 0.3) is 0 Å². The van der Waals surface area contributed by atoms with Crippen molar-refractivity contribution in [3.05, 3.63) is 59.9 Å². The molecule has 0 amide bonds. The number of anilines is 1. The fourth-order valence-corrected chi connectivity index (χ4v) is 2.31. The quantitative estimate of drug-likeness (QED) is 0.807. The molecule has 1 fully saturated rings. The molecule has 0 spiro atoms. The zero-order valence-electron chi connectivity index (χ0n) is 11.7. The van der Waals surface area contributed by atoms with Crippen molar-refractivity contribution < 1.29 is 9.13 Å². The molecule has 1 aliphatic rings. The van der Waals surface area contributed by atoms with E-state index in [1.165, 1.54) is 17.8 Å². The molecule has 0 bridgehead atoms.